The van der Waals surface area contributed by atoms with Gasteiger partial charge >= 0.3 is 17.9 Å². The largest absolute Gasteiger partial charge is 0.462 e. The Kier molecular flexibility index (Phi) is 47.4. The van der Waals surface area contributed by atoms with Gasteiger partial charge in [-0.1, -0.05) is 216 Å². The maximum absolute atomic E-state index is 12.8. The van der Waals surface area contributed by atoms with E-state index in [0.717, 1.165) is 89.9 Å². The topological polar surface area (TPSA) is 78.9 Å². The molecule has 0 amide bonds. The fourth-order valence-electron chi connectivity index (χ4n) is 7.15. The Morgan fingerprint density at radius 3 is 1.15 bits per heavy atom. The van der Waals surface area contributed by atoms with E-state index in [9.17, 15) is 14.4 Å². The lowest BCUT2D eigenvalue weighted by Gasteiger charge is -2.18. The summed E-state index contributed by atoms with van der Waals surface area (Å²) in [5.74, 6) is -0.957. The second-order valence-electron chi connectivity index (χ2n) is 17.1. The molecule has 6 nitrogen and oxygen atoms in total. The Morgan fingerprint density at radius 2 is 0.689 bits per heavy atom. The molecule has 0 aromatic carbocycles. The van der Waals surface area contributed by atoms with Crippen molar-refractivity contribution in [3.63, 3.8) is 0 Å². The van der Waals surface area contributed by atoms with Gasteiger partial charge in [-0.05, 0) is 77.0 Å². The minimum atomic E-state index is -0.797. The van der Waals surface area contributed by atoms with Crippen LogP contribution in [0, 0.1) is 0 Å². The molecule has 352 valence electrons. The smallest absolute Gasteiger partial charge is 0.306 e. The van der Waals surface area contributed by atoms with Gasteiger partial charge in [0.1, 0.15) is 13.2 Å². The minimum Gasteiger partial charge on any atom is -0.462 e. The van der Waals surface area contributed by atoms with Gasteiger partial charge in [-0.15, -0.1) is 0 Å². The van der Waals surface area contributed by atoms with Crippen LogP contribution in [0.15, 0.2) is 60.8 Å². The first-order valence-corrected chi connectivity index (χ1v) is 25.8. The molecule has 0 radical (unpaired) electrons. The number of esters is 3. The molecule has 1 atom stereocenters. The first kappa shape index (κ1) is 58.1. The molecule has 61 heavy (non-hydrogen) atoms. The minimum absolute atomic E-state index is 0.0984. The van der Waals surface area contributed by atoms with Gasteiger partial charge in [-0.25, -0.2) is 0 Å². The average molecular weight is 853 g/mol. The van der Waals surface area contributed by atoms with Crippen LogP contribution in [-0.2, 0) is 28.6 Å². The van der Waals surface area contributed by atoms with Crippen LogP contribution in [0.3, 0.4) is 0 Å². The van der Waals surface area contributed by atoms with Crippen LogP contribution in [0.4, 0.5) is 0 Å². The molecular formula is C55H96O6. The molecule has 0 fully saturated rings. The normalized spacial score (nSPS) is 12.5. The average Bonchev–Trinajstić information content (AvgIpc) is 3.26. The molecule has 0 heterocycles. The number of carbonyl (C=O) groups excluding carboxylic acids is 3. The van der Waals surface area contributed by atoms with Gasteiger partial charge in [0.25, 0.3) is 0 Å². The maximum Gasteiger partial charge on any atom is 0.306 e. The maximum atomic E-state index is 12.8. The number of carbonyl (C=O) groups is 3. The second-order valence-corrected chi connectivity index (χ2v) is 17.1. The predicted molar refractivity (Wildman–Crippen MR) is 261 cm³/mol. The number of rotatable bonds is 46. The van der Waals surface area contributed by atoms with E-state index < -0.39 is 6.10 Å². The van der Waals surface area contributed by atoms with Gasteiger partial charge in [0.05, 0.1) is 0 Å². The molecule has 0 rings (SSSR count). The number of hydrogen-bond donors (Lipinski definition) is 0. The zero-order valence-electron chi connectivity index (χ0n) is 40.2. The van der Waals surface area contributed by atoms with Crippen molar-refractivity contribution in [2.24, 2.45) is 0 Å². The molecule has 0 saturated carbocycles. The Morgan fingerprint density at radius 1 is 0.361 bits per heavy atom. The summed E-state index contributed by atoms with van der Waals surface area (Å²) in [4.78, 5) is 37.9. The van der Waals surface area contributed by atoms with Gasteiger partial charge in [0, 0.05) is 19.3 Å². The highest BCUT2D eigenvalue weighted by atomic mass is 16.6. The van der Waals surface area contributed by atoms with Gasteiger partial charge in [-0.2, -0.15) is 0 Å². The van der Waals surface area contributed by atoms with Crippen molar-refractivity contribution < 1.29 is 28.6 Å². The molecule has 0 N–H and O–H groups in total. The summed E-state index contributed by atoms with van der Waals surface area (Å²) in [5.41, 5.74) is 0. The third-order valence-electron chi connectivity index (χ3n) is 11.0. The van der Waals surface area contributed by atoms with Gasteiger partial charge < -0.3 is 14.2 Å². The van der Waals surface area contributed by atoms with Gasteiger partial charge in [0.2, 0.25) is 0 Å². The molecule has 0 bridgehead atoms. The van der Waals surface area contributed by atoms with Crippen molar-refractivity contribution in [1.82, 2.24) is 0 Å². The van der Waals surface area contributed by atoms with E-state index in [1.165, 1.54) is 122 Å². The second kappa shape index (κ2) is 49.8. The summed E-state index contributed by atoms with van der Waals surface area (Å²) in [7, 11) is 0. The molecule has 0 aliphatic heterocycles. The van der Waals surface area contributed by atoms with Crippen molar-refractivity contribution in [2.45, 2.75) is 258 Å². The van der Waals surface area contributed by atoms with Crippen molar-refractivity contribution in [3.05, 3.63) is 60.8 Å². The lowest BCUT2D eigenvalue weighted by Crippen LogP contribution is -2.30. The molecule has 1 unspecified atom stereocenters. The predicted octanol–water partition coefficient (Wildman–Crippen LogP) is 16.9. The van der Waals surface area contributed by atoms with E-state index in [0.29, 0.717) is 19.3 Å². The van der Waals surface area contributed by atoms with Crippen molar-refractivity contribution in [2.75, 3.05) is 13.2 Å². The van der Waals surface area contributed by atoms with Gasteiger partial charge in [-0.3, -0.25) is 14.4 Å². The summed E-state index contributed by atoms with van der Waals surface area (Å²) < 4.78 is 16.7. The summed E-state index contributed by atoms with van der Waals surface area (Å²) in [6, 6.07) is 0. The lowest BCUT2D eigenvalue weighted by atomic mass is 10.0. The standard InChI is InChI=1S/C55H96O6/c1-4-7-10-13-16-19-22-25-27-29-30-33-36-39-42-45-48-54(57)60-51-52(50-59-53(56)47-44-41-38-35-32-24-21-18-15-12-9-6-3)61-55(58)49-46-43-40-37-34-31-28-26-23-20-17-14-11-8-5-2/h9,12,18,21,27,29-30,32-33,35,52H,4-8,10-11,13-17,19-20,22-26,28,31,34,36-51H2,1-3H3/b12-9-,21-18-,29-27-,33-30-,35-32-. The van der Waals surface area contributed by atoms with Crippen LogP contribution in [0.25, 0.3) is 0 Å². The van der Waals surface area contributed by atoms with Crippen LogP contribution in [0.2, 0.25) is 0 Å². The summed E-state index contributed by atoms with van der Waals surface area (Å²) in [5, 5.41) is 0. The molecule has 0 saturated heterocycles. The number of hydrogen-bond acceptors (Lipinski definition) is 6. The third-order valence-corrected chi connectivity index (χ3v) is 11.0. The van der Waals surface area contributed by atoms with Crippen LogP contribution in [0.1, 0.15) is 252 Å². The number of ether oxygens (including phenoxy) is 3. The van der Waals surface area contributed by atoms with Crippen LogP contribution in [-0.4, -0.2) is 37.2 Å². The fraction of sp³-hybridized carbons (Fsp3) is 0.764. The third kappa shape index (κ3) is 48.0. The molecule has 0 aliphatic carbocycles. The summed E-state index contributed by atoms with van der Waals surface area (Å²) >= 11 is 0. The Bertz CT molecular complexity index is 1120. The first-order valence-electron chi connectivity index (χ1n) is 25.8. The summed E-state index contributed by atoms with van der Waals surface area (Å²) in [6.45, 7) is 6.47. The monoisotopic (exact) mass is 853 g/mol. The first-order chi connectivity index (χ1) is 30.0. The molecule has 0 aromatic heterocycles. The van der Waals surface area contributed by atoms with E-state index in [1.807, 2.05) is 0 Å². The van der Waals surface area contributed by atoms with E-state index in [2.05, 4.69) is 81.5 Å². The van der Waals surface area contributed by atoms with E-state index in [4.69, 9.17) is 14.2 Å². The number of allylic oxidation sites excluding steroid dienone is 10. The fourth-order valence-corrected chi connectivity index (χ4v) is 7.15. The zero-order valence-corrected chi connectivity index (χ0v) is 40.2. The summed E-state index contributed by atoms with van der Waals surface area (Å²) in [6.07, 6.45) is 60.7. The van der Waals surface area contributed by atoms with Crippen LogP contribution < -0.4 is 0 Å². The highest BCUT2D eigenvalue weighted by Gasteiger charge is 2.19. The molecule has 6 heteroatoms. The lowest BCUT2D eigenvalue weighted by molar-refractivity contribution is -0.167. The van der Waals surface area contributed by atoms with Gasteiger partial charge in [0.15, 0.2) is 6.10 Å². The zero-order chi connectivity index (χ0) is 44.4. The van der Waals surface area contributed by atoms with Crippen molar-refractivity contribution >= 4 is 17.9 Å². The van der Waals surface area contributed by atoms with E-state index in [1.54, 1.807) is 0 Å². The molecule has 0 spiro atoms. The Labute approximate surface area is 377 Å². The molecular weight excluding hydrogens is 757 g/mol. The SMILES string of the molecule is CC/C=C\C/C=C\C/C=C\CCCCC(=O)OCC(COC(=O)CCCCC/C=C\C=C/CCCCCCCCC)OC(=O)CCCCCCCCCCCCCCCCC. The van der Waals surface area contributed by atoms with E-state index >= 15 is 0 Å². The Hall–Kier alpha value is -2.89. The Balaban J connectivity index is 4.44. The van der Waals surface area contributed by atoms with Crippen molar-refractivity contribution in [3.8, 4) is 0 Å². The van der Waals surface area contributed by atoms with Crippen LogP contribution >= 0.6 is 0 Å². The highest BCUT2D eigenvalue weighted by Crippen LogP contribution is 2.15. The van der Waals surface area contributed by atoms with Crippen LogP contribution in [0.5, 0.6) is 0 Å². The van der Waals surface area contributed by atoms with Crippen molar-refractivity contribution in [1.29, 1.82) is 0 Å². The molecule has 0 aromatic rings. The number of unbranched alkanes of at least 4 members (excludes halogenated alkanes) is 26. The quantitative estimate of drug-likeness (QED) is 0.0200. The van der Waals surface area contributed by atoms with E-state index in [-0.39, 0.29) is 31.1 Å². The molecule has 0 aliphatic rings. The highest BCUT2D eigenvalue weighted by molar-refractivity contribution is 5.71.